The molecule has 2 rings (SSSR count). The van der Waals surface area contributed by atoms with Gasteiger partial charge in [0.2, 0.25) is 0 Å². The van der Waals surface area contributed by atoms with Crippen LogP contribution in [0.25, 0.3) is 0 Å². The van der Waals surface area contributed by atoms with Gasteiger partial charge in [-0.15, -0.1) is 0 Å². The number of hydrogen-bond acceptors (Lipinski definition) is 4. The Morgan fingerprint density at radius 3 is 2.48 bits per heavy atom. The molecule has 118 valence electrons. The van der Waals surface area contributed by atoms with Gasteiger partial charge < -0.3 is 5.73 Å². The van der Waals surface area contributed by atoms with E-state index in [4.69, 9.17) is 5.73 Å². The summed E-state index contributed by atoms with van der Waals surface area (Å²) in [5, 5.41) is 0. The Morgan fingerprint density at radius 2 is 2.00 bits per heavy atom. The number of rotatable bonds is 5. The van der Waals surface area contributed by atoms with Crippen molar-refractivity contribution in [2.24, 2.45) is 5.73 Å². The molecule has 2 N–H and O–H groups in total. The van der Waals surface area contributed by atoms with Crippen LogP contribution in [0.3, 0.4) is 0 Å². The number of hydrogen-bond donors (Lipinski definition) is 1. The summed E-state index contributed by atoms with van der Waals surface area (Å²) in [7, 11) is -1.03. The average Bonchev–Trinajstić information content (AvgIpc) is 2.81. The van der Waals surface area contributed by atoms with E-state index < -0.39 is 9.84 Å². The van der Waals surface area contributed by atoms with Crippen LogP contribution < -0.4 is 5.73 Å². The molecule has 4 nitrogen and oxygen atoms in total. The summed E-state index contributed by atoms with van der Waals surface area (Å²) >= 11 is 0. The highest BCUT2D eigenvalue weighted by Crippen LogP contribution is 2.29. The SMILES string of the molecule is CCC(N)C(c1ccc(F)cc1)N(C)C1CCS(=O)(=O)C1. The van der Waals surface area contributed by atoms with Crippen molar-refractivity contribution >= 4 is 9.84 Å². The molecule has 3 atom stereocenters. The van der Waals surface area contributed by atoms with E-state index in [2.05, 4.69) is 0 Å². The number of nitrogens with two attached hydrogens (primary N) is 1. The minimum Gasteiger partial charge on any atom is -0.326 e. The Morgan fingerprint density at radius 1 is 1.38 bits per heavy atom. The molecule has 6 heteroatoms. The lowest BCUT2D eigenvalue weighted by Gasteiger charge is -2.36. The van der Waals surface area contributed by atoms with Gasteiger partial charge in [-0.1, -0.05) is 19.1 Å². The van der Waals surface area contributed by atoms with Crippen LogP contribution in [0, 0.1) is 5.82 Å². The maximum Gasteiger partial charge on any atom is 0.151 e. The molecular weight excluding hydrogens is 291 g/mol. The predicted molar refractivity (Wildman–Crippen MR) is 82.2 cm³/mol. The molecule has 0 saturated carbocycles. The second kappa shape index (κ2) is 6.42. The lowest BCUT2D eigenvalue weighted by molar-refractivity contribution is 0.161. The zero-order chi connectivity index (χ0) is 15.6. The van der Waals surface area contributed by atoms with Gasteiger partial charge in [0.15, 0.2) is 9.84 Å². The summed E-state index contributed by atoms with van der Waals surface area (Å²) in [4.78, 5) is 2.05. The van der Waals surface area contributed by atoms with Crippen LogP contribution in [0.15, 0.2) is 24.3 Å². The zero-order valence-electron chi connectivity index (χ0n) is 12.5. The monoisotopic (exact) mass is 314 g/mol. The second-order valence-corrected chi connectivity index (χ2v) is 8.02. The third-order valence-corrected chi connectivity index (χ3v) is 6.06. The van der Waals surface area contributed by atoms with Gasteiger partial charge in [-0.3, -0.25) is 4.90 Å². The van der Waals surface area contributed by atoms with Crippen LogP contribution >= 0.6 is 0 Å². The molecule has 21 heavy (non-hydrogen) atoms. The maximum atomic E-state index is 13.1. The van der Waals surface area contributed by atoms with E-state index in [-0.39, 0.29) is 35.4 Å². The van der Waals surface area contributed by atoms with Crippen molar-refractivity contribution < 1.29 is 12.8 Å². The number of likely N-dealkylation sites (N-methyl/N-ethyl adjacent to an activating group) is 1. The summed E-state index contributed by atoms with van der Waals surface area (Å²) < 4.78 is 36.5. The number of halogens is 1. The summed E-state index contributed by atoms with van der Waals surface area (Å²) in [5.41, 5.74) is 7.17. The minimum atomic E-state index is -2.94. The van der Waals surface area contributed by atoms with E-state index in [1.54, 1.807) is 12.1 Å². The minimum absolute atomic E-state index is 0.0253. The third kappa shape index (κ3) is 3.81. The molecule has 1 saturated heterocycles. The van der Waals surface area contributed by atoms with Crippen molar-refractivity contribution in [3.8, 4) is 0 Å². The van der Waals surface area contributed by atoms with Gasteiger partial charge in [0.1, 0.15) is 5.82 Å². The fourth-order valence-electron chi connectivity index (χ4n) is 2.99. The van der Waals surface area contributed by atoms with Crippen LogP contribution in [0.5, 0.6) is 0 Å². The van der Waals surface area contributed by atoms with E-state index in [0.717, 1.165) is 12.0 Å². The highest BCUT2D eigenvalue weighted by Gasteiger charge is 2.35. The van der Waals surface area contributed by atoms with Crippen LogP contribution in [0.1, 0.15) is 31.4 Å². The molecule has 3 unspecified atom stereocenters. The molecule has 0 aliphatic carbocycles. The van der Waals surface area contributed by atoms with Gasteiger partial charge in [-0.2, -0.15) is 0 Å². The smallest absolute Gasteiger partial charge is 0.151 e. The van der Waals surface area contributed by atoms with Gasteiger partial charge in [-0.05, 0) is 37.6 Å². The lowest BCUT2D eigenvalue weighted by atomic mass is 9.95. The second-order valence-electron chi connectivity index (χ2n) is 5.79. The first-order valence-corrected chi connectivity index (χ1v) is 9.09. The number of sulfone groups is 1. The lowest BCUT2D eigenvalue weighted by Crippen LogP contribution is -2.44. The molecule has 0 bridgehead atoms. The Bertz CT molecular complexity index is 574. The van der Waals surface area contributed by atoms with Crippen LogP contribution in [0.2, 0.25) is 0 Å². The molecule has 1 aliphatic rings. The van der Waals surface area contributed by atoms with Gasteiger partial charge in [-0.25, -0.2) is 12.8 Å². The third-order valence-electron chi connectivity index (χ3n) is 4.31. The molecule has 1 aromatic carbocycles. The van der Waals surface area contributed by atoms with E-state index in [1.165, 1.54) is 12.1 Å². The topological polar surface area (TPSA) is 63.4 Å². The molecule has 1 aromatic rings. The molecule has 0 spiro atoms. The van der Waals surface area contributed by atoms with Crippen LogP contribution in [-0.2, 0) is 9.84 Å². The van der Waals surface area contributed by atoms with E-state index in [9.17, 15) is 12.8 Å². The normalized spacial score (nSPS) is 24.1. The van der Waals surface area contributed by atoms with Gasteiger partial charge >= 0.3 is 0 Å². The van der Waals surface area contributed by atoms with Gasteiger partial charge in [0.05, 0.1) is 11.5 Å². The molecular formula is C15H23FN2O2S. The Hall–Kier alpha value is -0.980. The van der Waals surface area contributed by atoms with Crippen molar-refractivity contribution in [1.29, 1.82) is 0 Å². The summed E-state index contributed by atoms with van der Waals surface area (Å²) in [5.74, 6) is 0.130. The number of benzene rings is 1. The van der Waals surface area contributed by atoms with E-state index >= 15 is 0 Å². The van der Waals surface area contributed by atoms with Crippen molar-refractivity contribution in [2.75, 3.05) is 18.6 Å². The van der Waals surface area contributed by atoms with Crippen molar-refractivity contribution in [3.05, 3.63) is 35.6 Å². The highest BCUT2D eigenvalue weighted by atomic mass is 32.2. The van der Waals surface area contributed by atoms with Crippen molar-refractivity contribution in [3.63, 3.8) is 0 Å². The summed E-state index contributed by atoms with van der Waals surface area (Å²) in [6, 6.07) is 6.05. The van der Waals surface area contributed by atoms with Crippen molar-refractivity contribution in [2.45, 2.75) is 37.9 Å². The predicted octanol–water partition coefficient (Wildman–Crippen LogP) is 1.72. The quantitative estimate of drug-likeness (QED) is 0.899. The molecule has 1 fully saturated rings. The number of nitrogens with zero attached hydrogens (tertiary/aromatic N) is 1. The molecule has 0 aromatic heterocycles. The summed E-state index contributed by atoms with van der Waals surface area (Å²) in [6.07, 6.45) is 1.40. The van der Waals surface area contributed by atoms with Crippen LogP contribution in [0.4, 0.5) is 4.39 Å². The molecule has 1 aliphatic heterocycles. The van der Waals surface area contributed by atoms with E-state index in [1.807, 2.05) is 18.9 Å². The van der Waals surface area contributed by atoms with E-state index in [0.29, 0.717) is 6.42 Å². The zero-order valence-corrected chi connectivity index (χ0v) is 13.3. The fraction of sp³-hybridized carbons (Fsp3) is 0.600. The average molecular weight is 314 g/mol. The maximum absolute atomic E-state index is 13.1. The fourth-order valence-corrected chi connectivity index (χ4v) is 4.78. The molecule has 1 heterocycles. The first-order valence-electron chi connectivity index (χ1n) is 7.27. The van der Waals surface area contributed by atoms with Crippen LogP contribution in [-0.4, -0.2) is 44.0 Å². The molecule has 0 radical (unpaired) electrons. The van der Waals surface area contributed by atoms with Crippen molar-refractivity contribution in [1.82, 2.24) is 4.90 Å². The summed E-state index contributed by atoms with van der Waals surface area (Å²) in [6.45, 7) is 2.00. The Kier molecular flexibility index (Phi) is 5.01. The first-order chi connectivity index (χ1) is 9.84. The Balaban J connectivity index is 2.26. The molecule has 0 amide bonds. The first kappa shape index (κ1) is 16.4. The Labute approximate surface area is 126 Å². The highest BCUT2D eigenvalue weighted by molar-refractivity contribution is 7.91. The van der Waals surface area contributed by atoms with Gasteiger partial charge in [0, 0.05) is 18.1 Å². The largest absolute Gasteiger partial charge is 0.326 e. The van der Waals surface area contributed by atoms with Gasteiger partial charge in [0.25, 0.3) is 0 Å². The standard InChI is InChI=1S/C15H23FN2O2S/c1-3-14(17)15(11-4-6-12(16)7-5-11)18(2)13-8-9-21(19,20)10-13/h4-7,13-15H,3,8-10,17H2,1-2H3.